The summed E-state index contributed by atoms with van der Waals surface area (Å²) < 4.78 is 0. The van der Waals surface area contributed by atoms with E-state index in [2.05, 4.69) is 47.2 Å². The number of aromatic nitrogens is 2. The molecule has 0 aliphatic rings. The van der Waals surface area contributed by atoms with E-state index in [1.165, 1.54) is 16.3 Å². The lowest BCUT2D eigenvalue weighted by molar-refractivity contribution is 1.30. The van der Waals surface area contributed by atoms with Gasteiger partial charge >= 0.3 is 0 Å². The molecule has 2 aromatic carbocycles. The molecular weight excluding hydrogens is 184 g/mol. The molecule has 0 radical (unpaired) electrons. The second-order valence-electron chi connectivity index (χ2n) is 3.69. The number of aryl methyl sites for hydroxylation is 1. The third-order valence-electron chi connectivity index (χ3n) is 2.69. The van der Waals surface area contributed by atoms with Gasteiger partial charge in [0.15, 0.2) is 0 Å². The molecule has 0 saturated carbocycles. The van der Waals surface area contributed by atoms with E-state index in [-0.39, 0.29) is 0 Å². The largest absolute Gasteiger partial charge is 0.253 e. The van der Waals surface area contributed by atoms with Gasteiger partial charge in [0.1, 0.15) is 0 Å². The number of rotatable bonds is 0. The predicted molar refractivity (Wildman–Crippen MR) is 61.8 cm³/mol. The topological polar surface area (TPSA) is 25.8 Å². The van der Waals surface area contributed by atoms with Crippen molar-refractivity contribution in [1.29, 1.82) is 0 Å². The summed E-state index contributed by atoms with van der Waals surface area (Å²) >= 11 is 0. The standard InChI is InChI=1S/C13H10N2/c1-9-3-2-4-10-7-12-13(8-11(9)10)15-6-5-14-12/h2-8H,1H3. The van der Waals surface area contributed by atoms with Crippen molar-refractivity contribution in [2.75, 3.05) is 0 Å². The van der Waals surface area contributed by atoms with Crippen LogP contribution in [-0.2, 0) is 0 Å². The summed E-state index contributed by atoms with van der Waals surface area (Å²) in [5, 5.41) is 2.48. The molecule has 0 fully saturated rings. The average molecular weight is 194 g/mol. The predicted octanol–water partition coefficient (Wildman–Crippen LogP) is 3.09. The Hall–Kier alpha value is -1.96. The molecule has 0 bridgehead atoms. The van der Waals surface area contributed by atoms with Crippen molar-refractivity contribution >= 4 is 21.8 Å². The van der Waals surface area contributed by atoms with Gasteiger partial charge < -0.3 is 0 Å². The minimum absolute atomic E-state index is 0.954. The van der Waals surface area contributed by atoms with Crippen LogP contribution in [0.3, 0.4) is 0 Å². The van der Waals surface area contributed by atoms with Crippen LogP contribution in [0.25, 0.3) is 21.8 Å². The van der Waals surface area contributed by atoms with Crippen LogP contribution in [0.5, 0.6) is 0 Å². The highest BCUT2D eigenvalue weighted by atomic mass is 14.8. The monoisotopic (exact) mass is 194 g/mol. The molecule has 1 aromatic heterocycles. The van der Waals surface area contributed by atoms with Crippen molar-refractivity contribution in [2.45, 2.75) is 6.92 Å². The van der Waals surface area contributed by atoms with Crippen LogP contribution < -0.4 is 0 Å². The van der Waals surface area contributed by atoms with Gasteiger partial charge in [-0.1, -0.05) is 18.2 Å². The highest BCUT2D eigenvalue weighted by Crippen LogP contribution is 2.22. The quantitative estimate of drug-likeness (QED) is 0.514. The summed E-state index contributed by atoms with van der Waals surface area (Å²) in [7, 11) is 0. The Labute approximate surface area is 87.6 Å². The second-order valence-corrected chi connectivity index (χ2v) is 3.69. The Morgan fingerprint density at radius 2 is 1.67 bits per heavy atom. The number of hydrogen-bond donors (Lipinski definition) is 0. The van der Waals surface area contributed by atoms with Gasteiger partial charge in [-0.25, -0.2) is 0 Å². The van der Waals surface area contributed by atoms with E-state index in [1.807, 2.05) is 0 Å². The maximum Gasteiger partial charge on any atom is 0.0893 e. The summed E-state index contributed by atoms with van der Waals surface area (Å²) in [6.07, 6.45) is 3.45. The van der Waals surface area contributed by atoms with Crippen molar-refractivity contribution in [3.05, 3.63) is 48.3 Å². The lowest BCUT2D eigenvalue weighted by Gasteiger charge is -2.03. The van der Waals surface area contributed by atoms with Crippen LogP contribution in [0.1, 0.15) is 5.56 Å². The van der Waals surface area contributed by atoms with Crippen LogP contribution in [0, 0.1) is 6.92 Å². The molecule has 0 amide bonds. The SMILES string of the molecule is Cc1cccc2cc3nccnc3cc12. The maximum absolute atomic E-state index is 4.31. The van der Waals surface area contributed by atoms with Crippen LogP contribution in [0.15, 0.2) is 42.7 Å². The van der Waals surface area contributed by atoms with Crippen molar-refractivity contribution in [3.63, 3.8) is 0 Å². The van der Waals surface area contributed by atoms with E-state index in [1.54, 1.807) is 12.4 Å². The molecule has 0 aliphatic heterocycles. The number of hydrogen-bond acceptors (Lipinski definition) is 2. The van der Waals surface area contributed by atoms with Crippen LogP contribution in [0.2, 0.25) is 0 Å². The molecule has 3 rings (SSSR count). The minimum Gasteiger partial charge on any atom is -0.253 e. The molecule has 2 heteroatoms. The normalized spacial score (nSPS) is 11.0. The van der Waals surface area contributed by atoms with Gasteiger partial charge in [-0.2, -0.15) is 0 Å². The van der Waals surface area contributed by atoms with E-state index >= 15 is 0 Å². The van der Waals surface area contributed by atoms with Gasteiger partial charge in [0.05, 0.1) is 11.0 Å². The fraction of sp³-hybridized carbons (Fsp3) is 0.0769. The first kappa shape index (κ1) is 8.36. The fourth-order valence-corrected chi connectivity index (χ4v) is 1.89. The van der Waals surface area contributed by atoms with E-state index in [0.29, 0.717) is 0 Å². The summed E-state index contributed by atoms with van der Waals surface area (Å²) in [6.45, 7) is 2.12. The lowest BCUT2D eigenvalue weighted by Crippen LogP contribution is -1.84. The second kappa shape index (κ2) is 3.02. The number of fused-ring (bicyclic) bond motifs is 2. The van der Waals surface area contributed by atoms with E-state index in [4.69, 9.17) is 0 Å². The zero-order valence-electron chi connectivity index (χ0n) is 8.44. The van der Waals surface area contributed by atoms with Crippen LogP contribution in [-0.4, -0.2) is 9.97 Å². The van der Waals surface area contributed by atoms with Crippen LogP contribution >= 0.6 is 0 Å². The maximum atomic E-state index is 4.31. The summed E-state index contributed by atoms with van der Waals surface area (Å²) in [4.78, 5) is 8.61. The van der Waals surface area contributed by atoms with E-state index in [0.717, 1.165) is 11.0 Å². The van der Waals surface area contributed by atoms with Crippen molar-refractivity contribution in [2.24, 2.45) is 0 Å². The minimum atomic E-state index is 0.954. The molecule has 0 aliphatic carbocycles. The molecule has 0 unspecified atom stereocenters. The molecule has 3 aromatic rings. The van der Waals surface area contributed by atoms with Gasteiger partial charge in [-0.05, 0) is 35.4 Å². The van der Waals surface area contributed by atoms with E-state index in [9.17, 15) is 0 Å². The van der Waals surface area contributed by atoms with Crippen molar-refractivity contribution in [1.82, 2.24) is 9.97 Å². The Balaban J connectivity index is 2.53. The smallest absolute Gasteiger partial charge is 0.0893 e. The first-order valence-corrected chi connectivity index (χ1v) is 4.95. The molecule has 1 heterocycles. The highest BCUT2D eigenvalue weighted by molar-refractivity contribution is 5.96. The molecule has 0 saturated heterocycles. The Kier molecular flexibility index (Phi) is 1.68. The Bertz CT molecular complexity index is 644. The summed E-state index contributed by atoms with van der Waals surface area (Å²) in [5.74, 6) is 0. The zero-order valence-corrected chi connectivity index (χ0v) is 8.44. The van der Waals surface area contributed by atoms with Gasteiger partial charge in [0, 0.05) is 12.4 Å². The first-order chi connectivity index (χ1) is 7.34. The van der Waals surface area contributed by atoms with Gasteiger partial charge in [0.2, 0.25) is 0 Å². The molecule has 0 N–H and O–H groups in total. The molecule has 15 heavy (non-hydrogen) atoms. The Morgan fingerprint density at radius 1 is 0.933 bits per heavy atom. The summed E-state index contributed by atoms with van der Waals surface area (Å²) in [5.41, 5.74) is 3.19. The van der Waals surface area contributed by atoms with Gasteiger partial charge in [-0.3, -0.25) is 9.97 Å². The third kappa shape index (κ3) is 1.26. The molecule has 72 valence electrons. The molecule has 0 spiro atoms. The third-order valence-corrected chi connectivity index (χ3v) is 2.69. The average Bonchev–Trinajstić information content (AvgIpc) is 2.27. The molecule has 2 nitrogen and oxygen atoms in total. The van der Waals surface area contributed by atoms with Crippen molar-refractivity contribution in [3.8, 4) is 0 Å². The highest BCUT2D eigenvalue weighted by Gasteiger charge is 2.00. The van der Waals surface area contributed by atoms with E-state index < -0.39 is 0 Å². The number of nitrogens with zero attached hydrogens (tertiary/aromatic N) is 2. The molecule has 0 atom stereocenters. The fourth-order valence-electron chi connectivity index (χ4n) is 1.89. The zero-order chi connectivity index (χ0) is 10.3. The van der Waals surface area contributed by atoms with Crippen LogP contribution in [0.4, 0.5) is 0 Å². The van der Waals surface area contributed by atoms with Gasteiger partial charge in [-0.15, -0.1) is 0 Å². The van der Waals surface area contributed by atoms with Gasteiger partial charge in [0.25, 0.3) is 0 Å². The Morgan fingerprint density at radius 3 is 2.47 bits per heavy atom. The first-order valence-electron chi connectivity index (χ1n) is 4.95. The summed E-state index contributed by atoms with van der Waals surface area (Å²) in [6, 6.07) is 10.5. The number of benzene rings is 2. The lowest BCUT2D eigenvalue weighted by atomic mass is 10.0. The van der Waals surface area contributed by atoms with Crippen molar-refractivity contribution < 1.29 is 0 Å². The molecular formula is C13H10N2.